The Labute approximate surface area is 157 Å². The fraction of sp³-hybridized carbons (Fsp3) is 0.167. The van der Waals surface area contributed by atoms with Crippen LogP contribution in [0.15, 0.2) is 41.3 Å². The molecule has 0 aliphatic carbocycles. The summed E-state index contributed by atoms with van der Waals surface area (Å²) in [6.45, 7) is 4.05. The van der Waals surface area contributed by atoms with E-state index in [0.29, 0.717) is 10.9 Å². The predicted molar refractivity (Wildman–Crippen MR) is 108 cm³/mol. The van der Waals surface area contributed by atoms with Crippen molar-refractivity contribution in [1.82, 2.24) is 9.97 Å². The minimum absolute atomic E-state index is 0.0404. The third-order valence-electron chi connectivity index (χ3n) is 3.66. The summed E-state index contributed by atoms with van der Waals surface area (Å²) in [6, 6.07) is 12.1. The molecule has 1 N–H and O–H groups in total. The lowest BCUT2D eigenvalue weighted by molar-refractivity contribution is -0.113. The number of fused-ring (bicyclic) bond motifs is 3. The summed E-state index contributed by atoms with van der Waals surface area (Å²) in [5.41, 5.74) is 3.11. The monoisotopic (exact) mass is 385 g/mol. The number of nitrogens with one attached hydrogen (secondary N) is 1. The van der Waals surface area contributed by atoms with Crippen molar-refractivity contribution in [3.8, 4) is 0 Å². The maximum atomic E-state index is 12.2. The molecule has 25 heavy (non-hydrogen) atoms. The van der Waals surface area contributed by atoms with Gasteiger partial charge in [-0.1, -0.05) is 29.0 Å². The summed E-state index contributed by atoms with van der Waals surface area (Å²) in [5, 5.41) is 4.60. The number of thioether (sulfide) groups is 1. The van der Waals surface area contributed by atoms with Gasteiger partial charge in [-0.05, 0) is 38.1 Å². The van der Waals surface area contributed by atoms with E-state index >= 15 is 0 Å². The Morgan fingerprint density at radius 1 is 1.00 bits per heavy atom. The van der Waals surface area contributed by atoms with E-state index in [4.69, 9.17) is 0 Å². The molecule has 2 aromatic heterocycles. The van der Waals surface area contributed by atoms with Gasteiger partial charge in [0.2, 0.25) is 5.91 Å². The van der Waals surface area contributed by atoms with E-state index in [1.165, 1.54) is 28.7 Å². The summed E-state index contributed by atoms with van der Waals surface area (Å²) < 4.78 is 2.23. The molecule has 2 aromatic carbocycles. The molecule has 126 valence electrons. The average molecular weight is 386 g/mol. The van der Waals surface area contributed by atoms with Gasteiger partial charge in [-0.15, -0.1) is 23.1 Å². The minimum Gasteiger partial charge on any atom is -0.301 e. The number of amides is 1. The van der Waals surface area contributed by atoms with Gasteiger partial charge in [-0.2, -0.15) is 0 Å². The SMILES string of the molecule is Cc1ccc(SCC(=O)Nc2nc3ccc4nc(C)sc4c3s2)cc1. The first kappa shape index (κ1) is 16.5. The maximum Gasteiger partial charge on any atom is 0.236 e. The van der Waals surface area contributed by atoms with Crippen molar-refractivity contribution in [2.24, 2.45) is 0 Å². The van der Waals surface area contributed by atoms with Gasteiger partial charge in [0.15, 0.2) is 5.13 Å². The van der Waals surface area contributed by atoms with Crippen molar-refractivity contribution in [3.63, 3.8) is 0 Å². The molecule has 1 amide bonds. The Kier molecular flexibility index (Phi) is 4.45. The molecule has 0 unspecified atom stereocenters. The summed E-state index contributed by atoms with van der Waals surface area (Å²) in [5.74, 6) is 0.329. The number of thiazole rings is 2. The molecule has 7 heteroatoms. The van der Waals surface area contributed by atoms with E-state index in [0.717, 1.165) is 30.3 Å². The highest BCUT2D eigenvalue weighted by molar-refractivity contribution is 8.00. The molecular weight excluding hydrogens is 370 g/mol. The molecule has 4 aromatic rings. The van der Waals surface area contributed by atoms with Crippen molar-refractivity contribution in [1.29, 1.82) is 0 Å². The zero-order valence-corrected chi connectivity index (χ0v) is 16.1. The first-order chi connectivity index (χ1) is 12.1. The lowest BCUT2D eigenvalue weighted by atomic mass is 10.2. The smallest absolute Gasteiger partial charge is 0.236 e. The minimum atomic E-state index is -0.0404. The first-order valence-corrected chi connectivity index (χ1v) is 10.4. The van der Waals surface area contributed by atoms with E-state index in [1.54, 1.807) is 11.3 Å². The van der Waals surface area contributed by atoms with Crippen LogP contribution in [0.25, 0.3) is 20.4 Å². The number of aryl methyl sites for hydroxylation is 2. The molecule has 0 aliphatic rings. The Morgan fingerprint density at radius 3 is 2.44 bits per heavy atom. The van der Waals surface area contributed by atoms with Crippen molar-refractivity contribution < 1.29 is 4.79 Å². The van der Waals surface area contributed by atoms with Gasteiger partial charge in [0, 0.05) is 4.90 Å². The second-order valence-corrected chi connectivity index (χ2v) is 8.91. The summed E-state index contributed by atoms with van der Waals surface area (Å²) in [6.07, 6.45) is 0. The Balaban J connectivity index is 1.49. The number of hydrogen-bond donors (Lipinski definition) is 1. The van der Waals surface area contributed by atoms with E-state index in [-0.39, 0.29) is 5.91 Å². The van der Waals surface area contributed by atoms with E-state index in [2.05, 4.69) is 34.3 Å². The zero-order chi connectivity index (χ0) is 17.4. The van der Waals surface area contributed by atoms with Gasteiger partial charge in [0.1, 0.15) is 0 Å². The van der Waals surface area contributed by atoms with Gasteiger partial charge >= 0.3 is 0 Å². The van der Waals surface area contributed by atoms with E-state index in [1.807, 2.05) is 31.2 Å². The fourth-order valence-corrected chi connectivity index (χ4v) is 5.20. The van der Waals surface area contributed by atoms with Crippen molar-refractivity contribution in [2.75, 3.05) is 11.1 Å². The van der Waals surface area contributed by atoms with Crippen molar-refractivity contribution in [3.05, 3.63) is 47.0 Å². The molecule has 4 nitrogen and oxygen atoms in total. The van der Waals surface area contributed by atoms with Crippen molar-refractivity contribution >= 4 is 65.9 Å². The number of benzene rings is 2. The van der Waals surface area contributed by atoms with Gasteiger partial charge in [0.05, 0.1) is 31.2 Å². The van der Waals surface area contributed by atoms with Crippen LogP contribution in [0, 0.1) is 13.8 Å². The lowest BCUT2D eigenvalue weighted by Crippen LogP contribution is -2.13. The number of aromatic nitrogens is 2. The highest BCUT2D eigenvalue weighted by Gasteiger charge is 2.12. The molecule has 0 atom stereocenters. The third-order valence-corrected chi connectivity index (χ3v) is 6.81. The number of hydrogen-bond acceptors (Lipinski definition) is 6. The quantitative estimate of drug-likeness (QED) is 0.487. The number of rotatable bonds is 4. The molecule has 0 fully saturated rings. The van der Waals surface area contributed by atoms with Crippen LogP contribution in [0.4, 0.5) is 5.13 Å². The van der Waals surface area contributed by atoms with Crippen LogP contribution in [0.2, 0.25) is 0 Å². The highest BCUT2D eigenvalue weighted by atomic mass is 32.2. The normalized spacial score (nSPS) is 11.3. The van der Waals surface area contributed by atoms with Gasteiger partial charge in [-0.3, -0.25) is 4.79 Å². The van der Waals surface area contributed by atoms with Gasteiger partial charge in [-0.25, -0.2) is 9.97 Å². The largest absolute Gasteiger partial charge is 0.301 e. The molecule has 4 rings (SSSR count). The molecular formula is C18H15N3OS3. The van der Waals surface area contributed by atoms with Crippen LogP contribution < -0.4 is 5.32 Å². The maximum absolute atomic E-state index is 12.2. The topological polar surface area (TPSA) is 54.9 Å². The predicted octanol–water partition coefficient (Wildman–Crippen LogP) is 5.25. The molecule has 0 spiro atoms. The van der Waals surface area contributed by atoms with Crippen molar-refractivity contribution in [2.45, 2.75) is 18.7 Å². The Bertz CT molecular complexity index is 1070. The van der Waals surface area contributed by atoms with E-state index in [9.17, 15) is 4.79 Å². The van der Waals surface area contributed by atoms with Gasteiger partial charge in [0.25, 0.3) is 0 Å². The Morgan fingerprint density at radius 2 is 1.68 bits per heavy atom. The molecule has 0 saturated heterocycles. The lowest BCUT2D eigenvalue weighted by Gasteiger charge is -2.02. The summed E-state index contributed by atoms with van der Waals surface area (Å²) in [4.78, 5) is 22.4. The number of carbonyl (C=O) groups is 1. The third kappa shape index (κ3) is 3.53. The van der Waals surface area contributed by atoms with Gasteiger partial charge < -0.3 is 5.32 Å². The molecule has 0 aliphatic heterocycles. The number of anilines is 1. The zero-order valence-electron chi connectivity index (χ0n) is 13.7. The average Bonchev–Trinajstić information content (AvgIpc) is 3.16. The standard InChI is InChI=1S/C18H15N3OS3/c1-10-3-5-12(6-4-10)23-9-15(22)21-18-20-14-8-7-13-16(17(14)25-18)24-11(2)19-13/h3-8H,9H2,1-2H3,(H,20,21,22). The molecule has 0 saturated carbocycles. The van der Waals surface area contributed by atoms with Crippen LogP contribution in [-0.4, -0.2) is 21.6 Å². The number of nitrogens with zero attached hydrogens (tertiary/aromatic N) is 2. The highest BCUT2D eigenvalue weighted by Crippen LogP contribution is 2.35. The van der Waals surface area contributed by atoms with Crippen LogP contribution in [0.1, 0.15) is 10.6 Å². The van der Waals surface area contributed by atoms with Crippen LogP contribution in [0.5, 0.6) is 0 Å². The summed E-state index contributed by atoms with van der Waals surface area (Å²) in [7, 11) is 0. The molecule has 2 heterocycles. The first-order valence-electron chi connectivity index (χ1n) is 7.74. The van der Waals surface area contributed by atoms with Crippen LogP contribution >= 0.6 is 34.4 Å². The second-order valence-electron chi connectivity index (χ2n) is 5.66. The number of carbonyl (C=O) groups excluding carboxylic acids is 1. The summed E-state index contributed by atoms with van der Waals surface area (Å²) >= 11 is 4.70. The molecule has 0 bridgehead atoms. The second kappa shape index (κ2) is 6.74. The van der Waals surface area contributed by atoms with E-state index < -0.39 is 0 Å². The fourth-order valence-electron chi connectivity index (χ4n) is 2.48. The van der Waals surface area contributed by atoms with Crippen LogP contribution in [-0.2, 0) is 4.79 Å². The van der Waals surface area contributed by atoms with Crippen LogP contribution in [0.3, 0.4) is 0 Å². The Hall–Kier alpha value is -1.96. The molecule has 0 radical (unpaired) electrons.